The van der Waals surface area contributed by atoms with Crippen LogP contribution in [0.25, 0.3) is 0 Å². The quantitative estimate of drug-likeness (QED) is 0.603. The van der Waals surface area contributed by atoms with Crippen LogP contribution in [0.5, 0.6) is 5.75 Å². The molecule has 1 aliphatic heterocycles. The summed E-state index contributed by atoms with van der Waals surface area (Å²) in [6, 6.07) is 6.62. The minimum absolute atomic E-state index is 0.0162. The highest BCUT2D eigenvalue weighted by Gasteiger charge is 2.64. The van der Waals surface area contributed by atoms with Gasteiger partial charge in [-0.25, -0.2) is 0 Å². The number of benzene rings is 1. The first-order chi connectivity index (χ1) is 11.6. The molecule has 126 valence electrons. The molecule has 2 bridgehead atoms. The highest BCUT2D eigenvalue weighted by molar-refractivity contribution is 5.98. The van der Waals surface area contributed by atoms with Gasteiger partial charge in [0, 0.05) is 11.5 Å². The van der Waals surface area contributed by atoms with E-state index in [9.17, 15) is 14.4 Å². The Kier molecular flexibility index (Phi) is 3.55. The summed E-state index contributed by atoms with van der Waals surface area (Å²) in [5, 5.41) is 0. The third kappa shape index (κ3) is 2.28. The van der Waals surface area contributed by atoms with E-state index in [0.29, 0.717) is 11.3 Å². The van der Waals surface area contributed by atoms with Crippen molar-refractivity contribution in [3.8, 4) is 5.75 Å². The van der Waals surface area contributed by atoms with E-state index in [0.717, 1.165) is 12.8 Å². The maximum atomic E-state index is 12.4. The monoisotopic (exact) mass is 330 g/mol. The van der Waals surface area contributed by atoms with E-state index < -0.39 is 11.9 Å². The Morgan fingerprint density at radius 2 is 1.96 bits per heavy atom. The summed E-state index contributed by atoms with van der Waals surface area (Å²) < 4.78 is 15.6. The third-order valence-corrected chi connectivity index (χ3v) is 5.51. The summed E-state index contributed by atoms with van der Waals surface area (Å²) in [5.41, 5.74) is 0.455. The van der Waals surface area contributed by atoms with Gasteiger partial charge in [0.05, 0.1) is 18.9 Å². The van der Waals surface area contributed by atoms with Gasteiger partial charge in [-0.1, -0.05) is 0 Å². The number of carbonyl (C=O) groups is 3. The Labute approximate surface area is 139 Å². The van der Waals surface area contributed by atoms with Crippen LogP contribution < -0.4 is 4.74 Å². The second-order valence-corrected chi connectivity index (χ2v) is 6.68. The highest BCUT2D eigenvalue weighted by atomic mass is 16.6. The summed E-state index contributed by atoms with van der Waals surface area (Å²) in [7, 11) is 1.55. The lowest BCUT2D eigenvalue weighted by Gasteiger charge is -2.22. The van der Waals surface area contributed by atoms with Crippen molar-refractivity contribution in [3.63, 3.8) is 0 Å². The van der Waals surface area contributed by atoms with E-state index >= 15 is 0 Å². The molecule has 0 unspecified atom stereocenters. The minimum Gasteiger partial charge on any atom is -0.497 e. The zero-order chi connectivity index (χ0) is 16.8. The fourth-order valence-corrected chi connectivity index (χ4v) is 4.42. The van der Waals surface area contributed by atoms with Crippen LogP contribution in [0.15, 0.2) is 24.3 Å². The van der Waals surface area contributed by atoms with Crippen LogP contribution in [0.2, 0.25) is 0 Å². The van der Waals surface area contributed by atoms with E-state index in [1.54, 1.807) is 31.4 Å². The number of methoxy groups -OCH3 is 1. The number of fused-ring (bicyclic) bond motifs is 1. The average molecular weight is 330 g/mol. The molecule has 6 nitrogen and oxygen atoms in total. The molecule has 3 aliphatic rings. The fourth-order valence-electron chi connectivity index (χ4n) is 4.42. The number of esters is 2. The standard InChI is InChI=1S/C18H18O6/c1-22-11-4-2-9(3-5-11)13(19)8-23-17(20)15-10-6-12-14(7-10)24-18(21)16(12)15/h2-5,10,12,14-16H,6-8H2,1H3/t10-,12+,14-,15-,16+/m1/s1. The van der Waals surface area contributed by atoms with Gasteiger partial charge in [0.2, 0.25) is 0 Å². The average Bonchev–Trinajstić information content (AvgIpc) is 3.21. The number of rotatable bonds is 5. The summed E-state index contributed by atoms with van der Waals surface area (Å²) >= 11 is 0. The molecule has 1 aromatic carbocycles. The molecule has 0 aromatic heterocycles. The lowest BCUT2D eigenvalue weighted by Crippen LogP contribution is -2.34. The SMILES string of the molecule is COc1ccc(C(=O)COC(=O)[C@@H]2[C@@H]3C[C@@H]4[C@@H]2C(=O)O[C@@H]4C3)cc1. The molecular weight excluding hydrogens is 312 g/mol. The summed E-state index contributed by atoms with van der Waals surface area (Å²) in [4.78, 5) is 36.5. The van der Waals surface area contributed by atoms with E-state index in [4.69, 9.17) is 14.2 Å². The number of hydrogen-bond donors (Lipinski definition) is 0. The Hall–Kier alpha value is -2.37. The minimum atomic E-state index is -0.454. The fraction of sp³-hybridized carbons (Fsp3) is 0.500. The molecule has 1 aromatic rings. The lowest BCUT2D eigenvalue weighted by molar-refractivity contribution is -0.154. The molecule has 1 heterocycles. The van der Waals surface area contributed by atoms with Crippen molar-refractivity contribution in [2.75, 3.05) is 13.7 Å². The predicted molar refractivity (Wildman–Crippen MR) is 81.4 cm³/mol. The number of ether oxygens (including phenoxy) is 3. The van der Waals surface area contributed by atoms with Gasteiger partial charge in [-0.15, -0.1) is 0 Å². The molecule has 0 N–H and O–H groups in total. The van der Waals surface area contributed by atoms with Crippen molar-refractivity contribution in [3.05, 3.63) is 29.8 Å². The summed E-state index contributed by atoms with van der Waals surface area (Å²) in [6.07, 6.45) is 1.56. The van der Waals surface area contributed by atoms with E-state index in [2.05, 4.69) is 0 Å². The van der Waals surface area contributed by atoms with E-state index in [-0.39, 0.29) is 42.2 Å². The summed E-state index contributed by atoms with van der Waals surface area (Å²) in [5.74, 6) is -0.902. The normalized spacial score (nSPS) is 32.5. The number of carbonyl (C=O) groups excluding carboxylic acids is 3. The summed E-state index contributed by atoms with van der Waals surface area (Å²) in [6.45, 7) is -0.315. The van der Waals surface area contributed by atoms with Crippen LogP contribution in [0, 0.1) is 23.7 Å². The molecule has 2 saturated carbocycles. The maximum Gasteiger partial charge on any atom is 0.310 e. The van der Waals surface area contributed by atoms with Gasteiger partial charge in [-0.05, 0) is 43.0 Å². The van der Waals surface area contributed by atoms with Crippen LogP contribution in [0.1, 0.15) is 23.2 Å². The molecule has 1 saturated heterocycles. The van der Waals surface area contributed by atoms with Gasteiger partial charge in [0.1, 0.15) is 11.9 Å². The first-order valence-corrected chi connectivity index (χ1v) is 8.13. The van der Waals surface area contributed by atoms with Crippen LogP contribution in [0.3, 0.4) is 0 Å². The van der Waals surface area contributed by atoms with Gasteiger partial charge in [0.15, 0.2) is 12.4 Å². The molecule has 6 heteroatoms. The maximum absolute atomic E-state index is 12.4. The van der Waals surface area contributed by atoms with Crippen LogP contribution in [0.4, 0.5) is 0 Å². The van der Waals surface area contributed by atoms with Crippen molar-refractivity contribution in [2.24, 2.45) is 23.7 Å². The Bertz CT molecular complexity index is 692. The van der Waals surface area contributed by atoms with Crippen molar-refractivity contribution < 1.29 is 28.6 Å². The molecule has 4 rings (SSSR count). The smallest absolute Gasteiger partial charge is 0.310 e. The van der Waals surface area contributed by atoms with Gasteiger partial charge < -0.3 is 14.2 Å². The number of Topliss-reactive ketones (excluding diaryl/α,β-unsaturated/α-hetero) is 1. The van der Waals surface area contributed by atoms with Crippen LogP contribution in [-0.4, -0.2) is 37.5 Å². The molecule has 2 aliphatic carbocycles. The molecule has 0 amide bonds. The van der Waals surface area contributed by atoms with Crippen molar-refractivity contribution in [1.82, 2.24) is 0 Å². The second kappa shape index (κ2) is 5.61. The second-order valence-electron chi connectivity index (χ2n) is 6.68. The lowest BCUT2D eigenvalue weighted by atomic mass is 9.80. The van der Waals surface area contributed by atoms with Crippen LogP contribution in [-0.2, 0) is 19.1 Å². The number of hydrogen-bond acceptors (Lipinski definition) is 6. The zero-order valence-corrected chi connectivity index (χ0v) is 13.3. The largest absolute Gasteiger partial charge is 0.497 e. The van der Waals surface area contributed by atoms with Crippen LogP contribution >= 0.6 is 0 Å². The molecular formula is C18H18O6. The van der Waals surface area contributed by atoms with Crippen molar-refractivity contribution in [2.45, 2.75) is 18.9 Å². The Morgan fingerprint density at radius 1 is 1.21 bits per heavy atom. The van der Waals surface area contributed by atoms with Gasteiger partial charge in [0.25, 0.3) is 0 Å². The Balaban J connectivity index is 1.38. The topological polar surface area (TPSA) is 78.9 Å². The van der Waals surface area contributed by atoms with Gasteiger partial charge >= 0.3 is 11.9 Å². The molecule has 0 radical (unpaired) electrons. The highest BCUT2D eigenvalue weighted by Crippen LogP contribution is 2.57. The number of ketones is 1. The van der Waals surface area contributed by atoms with Gasteiger partial charge in [-0.2, -0.15) is 0 Å². The van der Waals surface area contributed by atoms with Gasteiger partial charge in [-0.3, -0.25) is 14.4 Å². The third-order valence-electron chi connectivity index (χ3n) is 5.51. The van der Waals surface area contributed by atoms with Crippen molar-refractivity contribution in [1.29, 1.82) is 0 Å². The zero-order valence-electron chi connectivity index (χ0n) is 13.3. The molecule has 0 spiro atoms. The first-order valence-electron chi connectivity index (χ1n) is 8.13. The first kappa shape index (κ1) is 15.2. The molecule has 5 atom stereocenters. The Morgan fingerprint density at radius 3 is 2.67 bits per heavy atom. The molecule has 3 fully saturated rings. The molecule has 24 heavy (non-hydrogen) atoms. The van der Waals surface area contributed by atoms with E-state index in [1.165, 1.54) is 0 Å². The van der Waals surface area contributed by atoms with E-state index in [1.807, 2.05) is 0 Å². The van der Waals surface area contributed by atoms with Crippen molar-refractivity contribution >= 4 is 17.7 Å². The predicted octanol–water partition coefficient (Wildman–Crippen LogP) is 1.62.